The number of nitrogens with one attached hydrogen (secondary N) is 1. The maximum atomic E-state index is 12.3. The van der Waals surface area contributed by atoms with Gasteiger partial charge in [0.2, 0.25) is 0 Å². The SMILES string of the molecule is Cc1cccc(C)c1NC(=O)[C@H](C)OC(=O)/C=C/c1ccc(Cl)c(Cl)c1. The summed E-state index contributed by atoms with van der Waals surface area (Å²) in [6, 6.07) is 10.7. The molecular formula is C20H19Cl2NO3. The standard InChI is InChI=1S/C20H19Cl2NO3/c1-12-5-4-6-13(2)19(12)23-20(25)14(3)26-18(24)10-8-15-7-9-16(21)17(22)11-15/h4-11,14H,1-3H3,(H,23,25)/b10-8+/t14-/m0/s1. The first-order chi connectivity index (χ1) is 12.3. The Bertz CT molecular complexity index is 842. The molecule has 2 rings (SSSR count). The summed E-state index contributed by atoms with van der Waals surface area (Å²) in [5.74, 6) is -1.01. The van der Waals surface area contributed by atoms with Gasteiger partial charge in [0.25, 0.3) is 5.91 Å². The van der Waals surface area contributed by atoms with Crippen LogP contribution in [0.2, 0.25) is 10.0 Å². The van der Waals surface area contributed by atoms with Gasteiger partial charge in [-0.15, -0.1) is 0 Å². The third-order valence-corrected chi connectivity index (χ3v) is 4.49. The molecule has 1 atom stereocenters. The molecule has 2 aromatic rings. The highest BCUT2D eigenvalue weighted by molar-refractivity contribution is 6.42. The Morgan fingerprint density at radius 2 is 1.73 bits per heavy atom. The third-order valence-electron chi connectivity index (χ3n) is 3.75. The van der Waals surface area contributed by atoms with Gasteiger partial charge < -0.3 is 10.1 Å². The number of esters is 1. The van der Waals surface area contributed by atoms with Crippen LogP contribution in [0.15, 0.2) is 42.5 Å². The van der Waals surface area contributed by atoms with Crippen molar-refractivity contribution in [3.63, 3.8) is 0 Å². The van der Waals surface area contributed by atoms with Crippen molar-refractivity contribution in [2.24, 2.45) is 0 Å². The van der Waals surface area contributed by atoms with E-state index in [1.807, 2.05) is 32.0 Å². The molecule has 0 fully saturated rings. The van der Waals surface area contributed by atoms with Crippen LogP contribution in [0.1, 0.15) is 23.6 Å². The lowest BCUT2D eigenvalue weighted by molar-refractivity contribution is -0.148. The molecule has 0 aliphatic carbocycles. The fourth-order valence-corrected chi connectivity index (χ4v) is 2.59. The Morgan fingerprint density at radius 1 is 1.08 bits per heavy atom. The molecule has 136 valence electrons. The number of para-hydroxylation sites is 1. The van der Waals surface area contributed by atoms with Crippen molar-refractivity contribution in [3.8, 4) is 0 Å². The number of rotatable bonds is 5. The van der Waals surface area contributed by atoms with Gasteiger partial charge in [-0.25, -0.2) is 4.79 Å². The van der Waals surface area contributed by atoms with Crippen LogP contribution >= 0.6 is 23.2 Å². The molecule has 0 aliphatic rings. The predicted octanol–water partition coefficient (Wildman–Crippen LogP) is 5.19. The van der Waals surface area contributed by atoms with E-state index in [9.17, 15) is 9.59 Å². The van der Waals surface area contributed by atoms with Crippen molar-refractivity contribution in [3.05, 3.63) is 69.2 Å². The molecule has 0 unspecified atom stereocenters. The minimum absolute atomic E-state index is 0.390. The van der Waals surface area contributed by atoms with Gasteiger partial charge >= 0.3 is 5.97 Å². The van der Waals surface area contributed by atoms with Crippen LogP contribution in [0.5, 0.6) is 0 Å². The first-order valence-corrected chi connectivity index (χ1v) is 8.74. The van der Waals surface area contributed by atoms with Crippen molar-refractivity contribution >= 4 is 46.8 Å². The Labute approximate surface area is 162 Å². The maximum absolute atomic E-state index is 12.3. The number of ether oxygens (including phenoxy) is 1. The van der Waals surface area contributed by atoms with Gasteiger partial charge in [-0.3, -0.25) is 4.79 Å². The molecule has 0 aromatic heterocycles. The second-order valence-electron chi connectivity index (χ2n) is 5.84. The monoisotopic (exact) mass is 391 g/mol. The summed E-state index contributed by atoms with van der Waals surface area (Å²) in [4.78, 5) is 24.2. The Kier molecular flexibility index (Phi) is 6.83. The van der Waals surface area contributed by atoms with E-state index in [2.05, 4.69) is 5.32 Å². The molecule has 1 N–H and O–H groups in total. The molecule has 4 nitrogen and oxygen atoms in total. The summed E-state index contributed by atoms with van der Waals surface area (Å²) in [6.45, 7) is 5.33. The average Bonchev–Trinajstić information content (AvgIpc) is 2.59. The molecule has 0 heterocycles. The van der Waals surface area contributed by atoms with Crippen LogP contribution in [0.3, 0.4) is 0 Å². The Morgan fingerprint density at radius 3 is 2.35 bits per heavy atom. The van der Waals surface area contributed by atoms with Crippen molar-refractivity contribution < 1.29 is 14.3 Å². The van der Waals surface area contributed by atoms with Crippen LogP contribution in [0, 0.1) is 13.8 Å². The van der Waals surface area contributed by atoms with Gasteiger partial charge in [0, 0.05) is 11.8 Å². The average molecular weight is 392 g/mol. The largest absolute Gasteiger partial charge is 0.449 e. The number of anilines is 1. The Balaban J connectivity index is 1.96. The number of carbonyl (C=O) groups is 2. The summed E-state index contributed by atoms with van der Waals surface area (Å²) in [6.07, 6.45) is 1.85. The van der Waals surface area contributed by atoms with E-state index in [4.69, 9.17) is 27.9 Å². The quantitative estimate of drug-likeness (QED) is 0.563. The molecule has 0 saturated heterocycles. The van der Waals surface area contributed by atoms with Gasteiger partial charge in [-0.1, -0.05) is 47.5 Å². The zero-order valence-electron chi connectivity index (χ0n) is 14.7. The molecule has 0 bridgehead atoms. The summed E-state index contributed by atoms with van der Waals surface area (Å²) < 4.78 is 5.14. The minimum atomic E-state index is -0.931. The predicted molar refractivity (Wildman–Crippen MR) is 106 cm³/mol. The fourth-order valence-electron chi connectivity index (χ4n) is 2.28. The number of hydrogen-bond acceptors (Lipinski definition) is 3. The van der Waals surface area contributed by atoms with E-state index < -0.39 is 18.0 Å². The summed E-state index contributed by atoms with van der Waals surface area (Å²) in [5.41, 5.74) is 3.31. The van der Waals surface area contributed by atoms with Gasteiger partial charge in [-0.2, -0.15) is 0 Å². The molecule has 26 heavy (non-hydrogen) atoms. The number of hydrogen-bond donors (Lipinski definition) is 1. The van der Waals surface area contributed by atoms with Crippen molar-refractivity contribution in [1.29, 1.82) is 0 Å². The van der Waals surface area contributed by atoms with E-state index in [0.29, 0.717) is 15.6 Å². The number of benzene rings is 2. The number of aryl methyl sites for hydroxylation is 2. The summed E-state index contributed by atoms with van der Waals surface area (Å²) >= 11 is 11.8. The normalized spacial score (nSPS) is 12.0. The van der Waals surface area contributed by atoms with E-state index >= 15 is 0 Å². The molecule has 0 aliphatic heterocycles. The van der Waals surface area contributed by atoms with Crippen molar-refractivity contribution in [2.75, 3.05) is 5.32 Å². The first-order valence-electron chi connectivity index (χ1n) is 7.98. The van der Waals surface area contributed by atoms with Crippen LogP contribution < -0.4 is 5.32 Å². The van der Waals surface area contributed by atoms with E-state index in [1.165, 1.54) is 13.0 Å². The molecule has 0 spiro atoms. The summed E-state index contributed by atoms with van der Waals surface area (Å²) in [5, 5.41) is 3.62. The third kappa shape index (κ3) is 5.35. The van der Waals surface area contributed by atoms with Crippen molar-refractivity contribution in [2.45, 2.75) is 26.9 Å². The van der Waals surface area contributed by atoms with Gasteiger partial charge in [0.1, 0.15) is 0 Å². The maximum Gasteiger partial charge on any atom is 0.331 e. The van der Waals surface area contributed by atoms with Gasteiger partial charge in [0.15, 0.2) is 6.10 Å². The molecule has 2 aromatic carbocycles. The van der Waals surface area contributed by atoms with Crippen LogP contribution in [-0.4, -0.2) is 18.0 Å². The Hall–Kier alpha value is -2.30. The lowest BCUT2D eigenvalue weighted by Gasteiger charge is -2.15. The molecular weight excluding hydrogens is 373 g/mol. The zero-order valence-corrected chi connectivity index (χ0v) is 16.2. The highest BCUT2D eigenvalue weighted by Gasteiger charge is 2.18. The molecule has 1 amide bonds. The second-order valence-corrected chi connectivity index (χ2v) is 6.66. The lowest BCUT2D eigenvalue weighted by Crippen LogP contribution is -2.30. The minimum Gasteiger partial charge on any atom is -0.449 e. The van der Waals surface area contributed by atoms with Crippen LogP contribution in [0.25, 0.3) is 6.08 Å². The highest BCUT2D eigenvalue weighted by Crippen LogP contribution is 2.23. The highest BCUT2D eigenvalue weighted by atomic mass is 35.5. The first kappa shape index (κ1) is 20.0. The number of amides is 1. The smallest absolute Gasteiger partial charge is 0.331 e. The van der Waals surface area contributed by atoms with Crippen LogP contribution in [-0.2, 0) is 14.3 Å². The van der Waals surface area contributed by atoms with Gasteiger partial charge in [-0.05, 0) is 55.7 Å². The fraction of sp³-hybridized carbons (Fsp3) is 0.200. The lowest BCUT2D eigenvalue weighted by atomic mass is 10.1. The topological polar surface area (TPSA) is 55.4 Å². The van der Waals surface area contributed by atoms with Crippen molar-refractivity contribution in [1.82, 2.24) is 0 Å². The number of halogens is 2. The van der Waals surface area contributed by atoms with Crippen LogP contribution in [0.4, 0.5) is 5.69 Å². The zero-order chi connectivity index (χ0) is 19.3. The molecule has 0 saturated carbocycles. The van der Waals surface area contributed by atoms with E-state index in [1.54, 1.807) is 24.3 Å². The van der Waals surface area contributed by atoms with Gasteiger partial charge in [0.05, 0.1) is 10.0 Å². The molecule has 0 radical (unpaired) electrons. The van der Waals surface area contributed by atoms with E-state index in [0.717, 1.165) is 16.8 Å². The number of carbonyl (C=O) groups excluding carboxylic acids is 2. The summed E-state index contributed by atoms with van der Waals surface area (Å²) in [7, 11) is 0. The second kappa shape index (κ2) is 8.88. The molecule has 6 heteroatoms. The van der Waals surface area contributed by atoms with E-state index in [-0.39, 0.29) is 0 Å².